The summed E-state index contributed by atoms with van der Waals surface area (Å²) in [7, 11) is 0. The van der Waals surface area contributed by atoms with Gasteiger partial charge in [0.1, 0.15) is 12.1 Å². The molecule has 21 heavy (non-hydrogen) atoms. The third-order valence-corrected chi connectivity index (χ3v) is 4.70. The van der Waals surface area contributed by atoms with Crippen LogP contribution in [0.2, 0.25) is 0 Å². The number of hydrogen-bond acceptors (Lipinski definition) is 2. The molecule has 2 fully saturated rings. The molecule has 0 aromatic heterocycles. The molecule has 112 valence electrons. The first kappa shape index (κ1) is 14.1. The summed E-state index contributed by atoms with van der Waals surface area (Å²) in [5.74, 6) is 0.0212. The first-order chi connectivity index (χ1) is 10.0. The van der Waals surface area contributed by atoms with Gasteiger partial charge in [-0.1, -0.05) is 31.4 Å². The predicted molar refractivity (Wildman–Crippen MR) is 82.2 cm³/mol. The Kier molecular flexibility index (Phi) is 3.47. The number of piperazine rings is 1. The van der Waals surface area contributed by atoms with Gasteiger partial charge in [-0.3, -0.25) is 9.59 Å². The number of benzene rings is 1. The zero-order valence-electron chi connectivity index (χ0n) is 12.7. The standard InChI is InChI=1S/C17H22N2O2/c1-12-6-7-13(2)14(10-12)19-11-15(20)18-17(16(19)21)8-4-3-5-9-17/h6-7,10H,3-5,8-9,11H2,1-2H3,(H,18,20). The van der Waals surface area contributed by atoms with E-state index in [-0.39, 0.29) is 18.4 Å². The van der Waals surface area contributed by atoms with Gasteiger partial charge in [-0.2, -0.15) is 0 Å². The number of carbonyl (C=O) groups is 2. The van der Waals surface area contributed by atoms with Crippen LogP contribution < -0.4 is 10.2 Å². The molecule has 0 radical (unpaired) electrons. The Bertz CT molecular complexity index is 588. The molecule has 4 nitrogen and oxygen atoms in total. The van der Waals surface area contributed by atoms with Crippen molar-refractivity contribution < 1.29 is 9.59 Å². The number of nitrogens with zero attached hydrogens (tertiary/aromatic N) is 1. The monoisotopic (exact) mass is 286 g/mol. The van der Waals surface area contributed by atoms with Crippen LogP contribution in [0.25, 0.3) is 0 Å². The summed E-state index contributed by atoms with van der Waals surface area (Å²) in [4.78, 5) is 26.9. The van der Waals surface area contributed by atoms with E-state index in [1.807, 2.05) is 32.0 Å². The lowest BCUT2D eigenvalue weighted by atomic mass is 9.79. The summed E-state index contributed by atoms with van der Waals surface area (Å²) >= 11 is 0. The number of anilines is 1. The summed E-state index contributed by atoms with van der Waals surface area (Å²) in [6.07, 6.45) is 4.69. The van der Waals surface area contributed by atoms with E-state index >= 15 is 0 Å². The first-order valence-corrected chi connectivity index (χ1v) is 7.72. The highest BCUT2D eigenvalue weighted by Crippen LogP contribution is 2.34. The number of hydrogen-bond donors (Lipinski definition) is 1. The van der Waals surface area contributed by atoms with Crippen LogP contribution in [0.4, 0.5) is 5.69 Å². The van der Waals surface area contributed by atoms with Gasteiger partial charge in [-0.15, -0.1) is 0 Å². The van der Waals surface area contributed by atoms with E-state index in [4.69, 9.17) is 0 Å². The molecule has 0 bridgehead atoms. The summed E-state index contributed by atoms with van der Waals surface area (Å²) in [5.41, 5.74) is 2.35. The van der Waals surface area contributed by atoms with Crippen molar-refractivity contribution in [3.05, 3.63) is 29.3 Å². The Labute approximate surface area is 125 Å². The quantitative estimate of drug-likeness (QED) is 0.862. The van der Waals surface area contributed by atoms with E-state index in [0.29, 0.717) is 0 Å². The highest BCUT2D eigenvalue weighted by molar-refractivity contribution is 6.09. The normalized spacial score (nSPS) is 21.5. The molecule has 1 saturated carbocycles. The van der Waals surface area contributed by atoms with Crippen molar-refractivity contribution in [1.29, 1.82) is 0 Å². The van der Waals surface area contributed by atoms with E-state index in [0.717, 1.165) is 48.9 Å². The van der Waals surface area contributed by atoms with Gasteiger partial charge in [0.05, 0.1) is 0 Å². The molecule has 1 aliphatic heterocycles. The summed E-state index contributed by atoms with van der Waals surface area (Å²) in [5, 5.41) is 2.99. The zero-order chi connectivity index (χ0) is 15.0. The van der Waals surface area contributed by atoms with E-state index in [9.17, 15) is 9.59 Å². The fourth-order valence-corrected chi connectivity index (χ4v) is 3.53. The van der Waals surface area contributed by atoms with Crippen molar-refractivity contribution in [3.63, 3.8) is 0 Å². The lowest BCUT2D eigenvalue weighted by Crippen LogP contribution is -2.67. The van der Waals surface area contributed by atoms with Crippen LogP contribution in [0.1, 0.15) is 43.2 Å². The number of nitrogens with one attached hydrogen (secondary N) is 1. The van der Waals surface area contributed by atoms with Gasteiger partial charge in [0, 0.05) is 5.69 Å². The molecule has 1 aromatic rings. The van der Waals surface area contributed by atoms with Gasteiger partial charge in [0.2, 0.25) is 5.91 Å². The largest absolute Gasteiger partial charge is 0.340 e. The maximum Gasteiger partial charge on any atom is 0.253 e. The number of rotatable bonds is 1. The second-order valence-electron chi connectivity index (χ2n) is 6.37. The molecule has 1 aromatic carbocycles. The Hall–Kier alpha value is -1.84. The van der Waals surface area contributed by atoms with Crippen LogP contribution in [-0.2, 0) is 9.59 Å². The minimum Gasteiger partial charge on any atom is -0.340 e. The Morgan fingerprint density at radius 1 is 1.10 bits per heavy atom. The zero-order valence-corrected chi connectivity index (χ0v) is 12.7. The van der Waals surface area contributed by atoms with Gasteiger partial charge >= 0.3 is 0 Å². The summed E-state index contributed by atoms with van der Waals surface area (Å²) < 4.78 is 0. The van der Waals surface area contributed by atoms with Crippen molar-refractivity contribution in [1.82, 2.24) is 5.32 Å². The van der Waals surface area contributed by atoms with Crippen molar-refractivity contribution in [2.75, 3.05) is 11.4 Å². The van der Waals surface area contributed by atoms with Crippen LogP contribution in [0.3, 0.4) is 0 Å². The van der Waals surface area contributed by atoms with Gasteiger partial charge in [-0.05, 0) is 43.9 Å². The topological polar surface area (TPSA) is 49.4 Å². The maximum absolute atomic E-state index is 13.0. The highest BCUT2D eigenvalue weighted by atomic mass is 16.2. The maximum atomic E-state index is 13.0. The molecular weight excluding hydrogens is 264 g/mol. The average molecular weight is 286 g/mol. The number of aryl methyl sites for hydroxylation is 2. The van der Waals surface area contributed by atoms with E-state index < -0.39 is 5.54 Å². The predicted octanol–water partition coefficient (Wildman–Crippen LogP) is 2.47. The van der Waals surface area contributed by atoms with Crippen LogP contribution >= 0.6 is 0 Å². The lowest BCUT2D eigenvalue weighted by molar-refractivity contribution is -0.137. The van der Waals surface area contributed by atoms with Crippen molar-refractivity contribution in [2.45, 2.75) is 51.5 Å². The SMILES string of the molecule is Cc1ccc(C)c(N2CC(=O)NC3(CCCCC3)C2=O)c1. The van der Waals surface area contributed by atoms with Crippen molar-refractivity contribution >= 4 is 17.5 Å². The molecular formula is C17H22N2O2. The average Bonchev–Trinajstić information content (AvgIpc) is 2.47. The molecule has 1 spiro atoms. The fourth-order valence-electron chi connectivity index (χ4n) is 3.53. The molecule has 0 unspecified atom stereocenters. The molecule has 2 aliphatic rings. The third-order valence-electron chi connectivity index (χ3n) is 4.70. The summed E-state index contributed by atoms with van der Waals surface area (Å²) in [6.45, 7) is 4.13. The molecule has 1 heterocycles. The molecule has 1 aliphatic carbocycles. The molecule has 2 amide bonds. The Morgan fingerprint density at radius 2 is 1.81 bits per heavy atom. The van der Waals surface area contributed by atoms with Crippen LogP contribution in [-0.4, -0.2) is 23.9 Å². The van der Waals surface area contributed by atoms with Gasteiger partial charge in [0.15, 0.2) is 0 Å². The first-order valence-electron chi connectivity index (χ1n) is 7.72. The fraction of sp³-hybridized carbons (Fsp3) is 0.529. The van der Waals surface area contributed by atoms with Gasteiger partial charge < -0.3 is 10.2 Å². The molecule has 3 rings (SSSR count). The lowest BCUT2D eigenvalue weighted by Gasteiger charge is -2.44. The highest BCUT2D eigenvalue weighted by Gasteiger charge is 2.47. The van der Waals surface area contributed by atoms with E-state index in [1.54, 1.807) is 4.90 Å². The van der Waals surface area contributed by atoms with Crippen molar-refractivity contribution in [3.8, 4) is 0 Å². The van der Waals surface area contributed by atoms with Crippen LogP contribution in [0.5, 0.6) is 0 Å². The van der Waals surface area contributed by atoms with Crippen LogP contribution in [0, 0.1) is 13.8 Å². The number of amides is 2. The third kappa shape index (κ3) is 2.43. The Morgan fingerprint density at radius 3 is 2.52 bits per heavy atom. The van der Waals surface area contributed by atoms with E-state index in [1.165, 1.54) is 0 Å². The van der Waals surface area contributed by atoms with Gasteiger partial charge in [-0.25, -0.2) is 0 Å². The molecule has 4 heteroatoms. The number of carbonyl (C=O) groups excluding carboxylic acids is 2. The minimum absolute atomic E-state index is 0.0441. The minimum atomic E-state index is -0.663. The smallest absolute Gasteiger partial charge is 0.253 e. The molecule has 0 atom stereocenters. The van der Waals surface area contributed by atoms with Crippen LogP contribution in [0.15, 0.2) is 18.2 Å². The molecule has 1 saturated heterocycles. The molecule has 1 N–H and O–H groups in total. The second kappa shape index (κ2) is 5.17. The second-order valence-corrected chi connectivity index (χ2v) is 6.37. The Balaban J connectivity index is 1.99. The summed E-state index contributed by atoms with van der Waals surface area (Å²) in [6, 6.07) is 6.05. The van der Waals surface area contributed by atoms with Crippen molar-refractivity contribution in [2.24, 2.45) is 0 Å². The van der Waals surface area contributed by atoms with Gasteiger partial charge in [0.25, 0.3) is 5.91 Å². The van der Waals surface area contributed by atoms with E-state index in [2.05, 4.69) is 5.32 Å².